The zero-order chi connectivity index (χ0) is 15.5. The van der Waals surface area contributed by atoms with Crippen molar-refractivity contribution in [1.82, 2.24) is 14.9 Å². The average Bonchev–Trinajstić information content (AvgIpc) is 2.93. The van der Waals surface area contributed by atoms with E-state index in [1.807, 2.05) is 17.9 Å². The van der Waals surface area contributed by atoms with E-state index in [1.165, 1.54) is 6.07 Å². The first-order chi connectivity index (χ1) is 10.6. The van der Waals surface area contributed by atoms with Gasteiger partial charge in [-0.3, -0.25) is 4.79 Å². The molecule has 1 amide bonds. The Morgan fingerprint density at radius 3 is 2.82 bits per heavy atom. The van der Waals surface area contributed by atoms with Crippen molar-refractivity contribution in [3.05, 3.63) is 53.4 Å². The molecule has 0 radical (unpaired) electrons. The van der Waals surface area contributed by atoms with Gasteiger partial charge >= 0.3 is 0 Å². The van der Waals surface area contributed by atoms with Crippen molar-refractivity contribution >= 4 is 5.91 Å². The highest BCUT2D eigenvalue weighted by atomic mass is 19.1. The Morgan fingerprint density at radius 1 is 1.41 bits per heavy atom. The summed E-state index contributed by atoms with van der Waals surface area (Å²) in [5.74, 6) is 0.327. The first-order valence-corrected chi connectivity index (χ1v) is 7.67. The Bertz CT molecular complexity index is 659. The van der Waals surface area contributed by atoms with Crippen molar-refractivity contribution in [2.24, 2.45) is 5.92 Å². The van der Waals surface area contributed by atoms with Gasteiger partial charge in [0.2, 0.25) is 0 Å². The van der Waals surface area contributed by atoms with E-state index in [2.05, 4.69) is 9.97 Å². The lowest BCUT2D eigenvalue weighted by Gasteiger charge is -2.31. The number of carbonyl (C=O) groups excluding carboxylic acids is 1. The summed E-state index contributed by atoms with van der Waals surface area (Å²) in [7, 11) is 0. The van der Waals surface area contributed by atoms with Gasteiger partial charge in [-0.2, -0.15) is 0 Å². The minimum atomic E-state index is -0.181. The van der Waals surface area contributed by atoms with Crippen molar-refractivity contribution in [2.75, 3.05) is 13.1 Å². The van der Waals surface area contributed by atoms with E-state index < -0.39 is 0 Å². The van der Waals surface area contributed by atoms with Crippen LogP contribution in [0.3, 0.4) is 0 Å². The lowest BCUT2D eigenvalue weighted by molar-refractivity contribution is 0.0684. The van der Waals surface area contributed by atoms with E-state index >= 15 is 0 Å². The minimum absolute atomic E-state index is 0.00274. The predicted octanol–water partition coefficient (Wildman–Crippen LogP) is 2.95. The van der Waals surface area contributed by atoms with E-state index in [0.29, 0.717) is 11.6 Å². The molecule has 0 saturated carbocycles. The number of hydrogen-bond donors (Lipinski definition) is 1. The fraction of sp³-hybridized carbons (Fsp3) is 0.412. The number of piperidine rings is 1. The summed E-state index contributed by atoms with van der Waals surface area (Å²) in [6.07, 6.45) is 4.33. The number of halogens is 1. The van der Waals surface area contributed by atoms with Crippen LogP contribution in [0.2, 0.25) is 0 Å². The first-order valence-electron chi connectivity index (χ1n) is 7.67. The molecule has 4 nitrogen and oxygen atoms in total. The summed E-state index contributed by atoms with van der Waals surface area (Å²) in [6.45, 7) is 3.34. The van der Waals surface area contributed by atoms with Crippen molar-refractivity contribution in [3.8, 4) is 0 Å². The highest BCUT2D eigenvalue weighted by molar-refractivity contribution is 5.93. The number of nitrogens with one attached hydrogen (secondary N) is 1. The van der Waals surface area contributed by atoms with Crippen molar-refractivity contribution in [2.45, 2.75) is 26.2 Å². The topological polar surface area (TPSA) is 49.0 Å². The van der Waals surface area contributed by atoms with Crippen LogP contribution in [0.15, 0.2) is 30.6 Å². The maximum Gasteiger partial charge on any atom is 0.274 e. The number of rotatable bonds is 3. The quantitative estimate of drug-likeness (QED) is 0.947. The Labute approximate surface area is 129 Å². The molecule has 0 bridgehead atoms. The summed E-state index contributed by atoms with van der Waals surface area (Å²) in [5.41, 5.74) is 2.36. The standard InChI is InChI=1S/C17H20FN3O/c1-12-16(20-11-19-12)17(22)21-7-5-13(6-8-21)9-14-3-2-4-15(18)10-14/h2-4,10-11,13H,5-9H2,1H3,(H,19,20). The number of nitrogens with zero attached hydrogens (tertiary/aromatic N) is 2. The monoisotopic (exact) mass is 301 g/mol. The molecule has 1 fully saturated rings. The number of H-pyrrole nitrogens is 1. The number of aromatic nitrogens is 2. The molecule has 22 heavy (non-hydrogen) atoms. The predicted molar refractivity (Wildman–Crippen MR) is 82.1 cm³/mol. The lowest BCUT2D eigenvalue weighted by Crippen LogP contribution is -2.39. The van der Waals surface area contributed by atoms with E-state index in [0.717, 1.165) is 43.6 Å². The second-order valence-corrected chi connectivity index (χ2v) is 5.95. The molecule has 0 unspecified atom stereocenters. The molecule has 0 spiro atoms. The molecule has 2 heterocycles. The van der Waals surface area contributed by atoms with Gasteiger partial charge in [-0.15, -0.1) is 0 Å². The van der Waals surface area contributed by atoms with Crippen LogP contribution in [0.4, 0.5) is 4.39 Å². The number of hydrogen-bond acceptors (Lipinski definition) is 2. The molecule has 1 aromatic heterocycles. The average molecular weight is 301 g/mol. The molecule has 5 heteroatoms. The van der Waals surface area contributed by atoms with Gasteiger partial charge in [-0.1, -0.05) is 12.1 Å². The highest BCUT2D eigenvalue weighted by Crippen LogP contribution is 2.23. The molecule has 1 aromatic carbocycles. The summed E-state index contributed by atoms with van der Waals surface area (Å²) >= 11 is 0. The second kappa shape index (κ2) is 6.30. The number of carbonyl (C=O) groups is 1. The molecular weight excluding hydrogens is 281 g/mol. The third-order valence-corrected chi connectivity index (χ3v) is 4.35. The van der Waals surface area contributed by atoms with Gasteiger partial charge in [0.25, 0.3) is 5.91 Å². The molecule has 0 atom stereocenters. The number of benzene rings is 1. The van der Waals surface area contributed by atoms with Crippen LogP contribution in [0, 0.1) is 18.7 Å². The maximum atomic E-state index is 13.2. The van der Waals surface area contributed by atoms with E-state index in [9.17, 15) is 9.18 Å². The van der Waals surface area contributed by atoms with Gasteiger partial charge in [0.15, 0.2) is 0 Å². The summed E-state index contributed by atoms with van der Waals surface area (Å²) in [6, 6.07) is 6.79. The van der Waals surface area contributed by atoms with Gasteiger partial charge in [-0.05, 0) is 49.8 Å². The molecule has 1 aliphatic heterocycles. The largest absolute Gasteiger partial charge is 0.348 e. The van der Waals surface area contributed by atoms with Crippen molar-refractivity contribution < 1.29 is 9.18 Å². The second-order valence-electron chi connectivity index (χ2n) is 5.95. The van der Waals surface area contributed by atoms with Crippen molar-refractivity contribution in [1.29, 1.82) is 0 Å². The van der Waals surface area contributed by atoms with E-state index in [-0.39, 0.29) is 11.7 Å². The van der Waals surface area contributed by atoms with Crippen molar-refractivity contribution in [3.63, 3.8) is 0 Å². The molecule has 116 valence electrons. The van der Waals surface area contributed by atoms with Gasteiger partial charge < -0.3 is 9.88 Å². The summed E-state index contributed by atoms with van der Waals surface area (Å²) in [4.78, 5) is 21.3. The molecule has 1 aliphatic rings. The van der Waals surface area contributed by atoms with E-state index in [4.69, 9.17) is 0 Å². The van der Waals surface area contributed by atoms with Crippen LogP contribution in [0.5, 0.6) is 0 Å². The Morgan fingerprint density at radius 2 is 2.18 bits per heavy atom. The van der Waals surface area contributed by atoms with Gasteiger partial charge in [-0.25, -0.2) is 9.37 Å². The molecular formula is C17H20FN3O. The number of aromatic amines is 1. The summed E-state index contributed by atoms with van der Waals surface area (Å²) in [5, 5.41) is 0. The number of aryl methyl sites for hydroxylation is 1. The van der Waals surface area contributed by atoms with Gasteiger partial charge in [0.1, 0.15) is 11.5 Å². The molecule has 1 saturated heterocycles. The molecule has 1 N–H and O–H groups in total. The van der Waals surface area contributed by atoms with Crippen LogP contribution in [0.25, 0.3) is 0 Å². The Balaban J connectivity index is 1.56. The molecule has 0 aliphatic carbocycles. The smallest absolute Gasteiger partial charge is 0.274 e. The van der Waals surface area contributed by atoms with E-state index in [1.54, 1.807) is 18.5 Å². The number of imidazole rings is 1. The summed E-state index contributed by atoms with van der Waals surface area (Å²) < 4.78 is 13.2. The number of amides is 1. The SMILES string of the molecule is Cc1[nH]cnc1C(=O)N1CCC(Cc2cccc(F)c2)CC1. The van der Waals surface area contributed by atoms with Crippen LogP contribution in [-0.4, -0.2) is 33.9 Å². The zero-order valence-corrected chi connectivity index (χ0v) is 12.7. The van der Waals surface area contributed by atoms with Crippen LogP contribution in [-0.2, 0) is 6.42 Å². The highest BCUT2D eigenvalue weighted by Gasteiger charge is 2.25. The fourth-order valence-corrected chi connectivity index (χ4v) is 3.06. The van der Waals surface area contributed by atoms with Crippen LogP contribution >= 0.6 is 0 Å². The fourth-order valence-electron chi connectivity index (χ4n) is 3.06. The van der Waals surface area contributed by atoms with Gasteiger partial charge in [0, 0.05) is 18.8 Å². The molecule has 3 rings (SSSR count). The van der Waals surface area contributed by atoms with Gasteiger partial charge in [0.05, 0.1) is 6.33 Å². The Hall–Kier alpha value is -2.17. The lowest BCUT2D eigenvalue weighted by atomic mass is 9.90. The van der Waals surface area contributed by atoms with Crippen LogP contribution < -0.4 is 0 Å². The third kappa shape index (κ3) is 3.18. The number of likely N-dealkylation sites (tertiary alicyclic amines) is 1. The molecule has 2 aromatic rings. The van der Waals surface area contributed by atoms with Crippen LogP contribution in [0.1, 0.15) is 34.6 Å². The maximum absolute atomic E-state index is 13.2. The minimum Gasteiger partial charge on any atom is -0.348 e. The first kappa shape index (κ1) is 14.8. The zero-order valence-electron chi connectivity index (χ0n) is 12.7. The Kier molecular flexibility index (Phi) is 4.22. The third-order valence-electron chi connectivity index (χ3n) is 4.35. The normalized spacial score (nSPS) is 16.0.